The van der Waals surface area contributed by atoms with Crippen LogP contribution in [0, 0.1) is 5.92 Å². The van der Waals surface area contributed by atoms with E-state index in [2.05, 4.69) is 27.7 Å². The third-order valence-corrected chi connectivity index (χ3v) is 2.48. The van der Waals surface area contributed by atoms with Gasteiger partial charge in [-0.2, -0.15) is 0 Å². The van der Waals surface area contributed by atoms with Gasteiger partial charge in [-0.25, -0.2) is 0 Å². The van der Waals surface area contributed by atoms with Gasteiger partial charge in [0.25, 0.3) is 0 Å². The molecule has 3 heteroatoms. The predicted octanol–water partition coefficient (Wildman–Crippen LogP) is 3.75. The van der Waals surface area contributed by atoms with Crippen molar-refractivity contribution in [1.82, 2.24) is 0 Å². The molecule has 0 aromatic carbocycles. The fraction of sp³-hybridized carbons (Fsp3) is 1.00. The van der Waals surface area contributed by atoms with Gasteiger partial charge in [-0.05, 0) is 25.2 Å². The first kappa shape index (κ1) is 23.9. The van der Waals surface area contributed by atoms with Crippen molar-refractivity contribution >= 4 is 0 Å². The number of hydrogen-bond donors (Lipinski definition) is 3. The zero-order chi connectivity index (χ0) is 15.4. The van der Waals surface area contributed by atoms with Gasteiger partial charge in [0.15, 0.2) is 0 Å². The van der Waals surface area contributed by atoms with E-state index in [1.54, 1.807) is 0 Å². The SMILES string of the molecule is CC(C)CCO.CCCCCCO.CCCCCO. The smallest absolute Gasteiger partial charge is 0.0433 e. The number of unbranched alkanes of at least 4 members (excludes halogenated alkanes) is 5. The fourth-order valence-electron chi connectivity index (χ4n) is 1.16. The van der Waals surface area contributed by atoms with Crippen molar-refractivity contribution in [2.24, 2.45) is 5.92 Å². The monoisotopic (exact) mass is 278 g/mol. The summed E-state index contributed by atoms with van der Waals surface area (Å²) >= 11 is 0. The van der Waals surface area contributed by atoms with Crippen molar-refractivity contribution < 1.29 is 15.3 Å². The number of rotatable bonds is 9. The van der Waals surface area contributed by atoms with Crippen LogP contribution < -0.4 is 0 Å². The first-order valence-corrected chi connectivity index (χ1v) is 7.93. The Hall–Kier alpha value is -0.120. The molecule has 19 heavy (non-hydrogen) atoms. The van der Waals surface area contributed by atoms with Crippen LogP contribution in [-0.4, -0.2) is 35.1 Å². The average molecular weight is 278 g/mol. The van der Waals surface area contributed by atoms with E-state index in [0.717, 1.165) is 25.7 Å². The van der Waals surface area contributed by atoms with E-state index >= 15 is 0 Å². The summed E-state index contributed by atoms with van der Waals surface area (Å²) in [5.41, 5.74) is 0. The molecule has 0 atom stereocenters. The Labute approximate surface area is 121 Å². The van der Waals surface area contributed by atoms with E-state index < -0.39 is 0 Å². The molecule has 0 aliphatic rings. The van der Waals surface area contributed by atoms with Gasteiger partial charge in [0, 0.05) is 19.8 Å². The molecule has 0 unspecified atom stereocenters. The van der Waals surface area contributed by atoms with Crippen molar-refractivity contribution in [3.63, 3.8) is 0 Å². The van der Waals surface area contributed by atoms with Gasteiger partial charge in [-0.15, -0.1) is 0 Å². The molecule has 0 heterocycles. The average Bonchev–Trinajstić information content (AvgIpc) is 2.38. The maximum atomic E-state index is 8.29. The molecule has 0 aliphatic carbocycles. The Morgan fingerprint density at radius 3 is 1.26 bits per heavy atom. The Morgan fingerprint density at radius 1 is 0.632 bits per heavy atom. The lowest BCUT2D eigenvalue weighted by Crippen LogP contribution is -1.89. The normalized spacial score (nSPS) is 9.47. The van der Waals surface area contributed by atoms with Crippen LogP contribution in [0.15, 0.2) is 0 Å². The molecule has 0 amide bonds. The van der Waals surface area contributed by atoms with Crippen LogP contribution >= 0.6 is 0 Å². The quantitative estimate of drug-likeness (QED) is 0.563. The number of hydrogen-bond acceptors (Lipinski definition) is 3. The van der Waals surface area contributed by atoms with Crippen molar-refractivity contribution in [2.75, 3.05) is 19.8 Å². The maximum Gasteiger partial charge on any atom is 0.0433 e. The van der Waals surface area contributed by atoms with Crippen LogP contribution in [0.25, 0.3) is 0 Å². The molecule has 0 fully saturated rings. The van der Waals surface area contributed by atoms with E-state index in [-0.39, 0.29) is 0 Å². The molecule has 0 bridgehead atoms. The first-order valence-electron chi connectivity index (χ1n) is 7.93. The third-order valence-electron chi connectivity index (χ3n) is 2.48. The molecule has 0 rings (SSSR count). The van der Waals surface area contributed by atoms with Crippen molar-refractivity contribution in [1.29, 1.82) is 0 Å². The summed E-state index contributed by atoms with van der Waals surface area (Å²) in [5.74, 6) is 0.648. The summed E-state index contributed by atoms with van der Waals surface area (Å²) < 4.78 is 0. The van der Waals surface area contributed by atoms with Crippen molar-refractivity contribution in [2.45, 2.75) is 79.1 Å². The molecule has 0 radical (unpaired) electrons. The topological polar surface area (TPSA) is 60.7 Å². The van der Waals surface area contributed by atoms with Crippen molar-refractivity contribution in [3.05, 3.63) is 0 Å². The lowest BCUT2D eigenvalue weighted by Gasteiger charge is -1.95. The van der Waals surface area contributed by atoms with Gasteiger partial charge >= 0.3 is 0 Å². The van der Waals surface area contributed by atoms with Gasteiger partial charge in [0.2, 0.25) is 0 Å². The van der Waals surface area contributed by atoms with Crippen LogP contribution in [0.4, 0.5) is 0 Å². The van der Waals surface area contributed by atoms with E-state index in [4.69, 9.17) is 15.3 Å². The molecule has 0 saturated carbocycles. The van der Waals surface area contributed by atoms with Crippen LogP contribution in [0.3, 0.4) is 0 Å². The Morgan fingerprint density at radius 2 is 1.05 bits per heavy atom. The molecule has 3 nitrogen and oxygen atoms in total. The second kappa shape index (κ2) is 26.4. The first-order chi connectivity index (χ1) is 9.10. The molecular weight excluding hydrogens is 240 g/mol. The highest BCUT2D eigenvalue weighted by molar-refractivity contribution is 4.38. The second-order valence-electron chi connectivity index (χ2n) is 5.12. The molecular formula is C16H38O3. The largest absolute Gasteiger partial charge is 0.396 e. The lowest BCUT2D eigenvalue weighted by molar-refractivity contribution is 0.268. The molecule has 0 aliphatic heterocycles. The van der Waals surface area contributed by atoms with Gasteiger partial charge in [-0.3, -0.25) is 0 Å². The van der Waals surface area contributed by atoms with Crippen molar-refractivity contribution in [3.8, 4) is 0 Å². The van der Waals surface area contributed by atoms with Gasteiger partial charge in [0.1, 0.15) is 0 Å². The summed E-state index contributed by atoms with van der Waals surface area (Å²) in [6, 6.07) is 0. The minimum absolute atomic E-state index is 0.331. The summed E-state index contributed by atoms with van der Waals surface area (Å²) in [6.07, 6.45) is 8.94. The van der Waals surface area contributed by atoms with E-state index in [9.17, 15) is 0 Å². The summed E-state index contributed by atoms with van der Waals surface area (Å²) in [7, 11) is 0. The summed E-state index contributed by atoms with van der Waals surface area (Å²) in [4.78, 5) is 0. The van der Waals surface area contributed by atoms with Crippen LogP contribution in [-0.2, 0) is 0 Å². The molecule has 0 saturated heterocycles. The molecule has 3 N–H and O–H groups in total. The Kier molecular flexibility index (Phi) is 33.3. The fourth-order valence-corrected chi connectivity index (χ4v) is 1.16. The van der Waals surface area contributed by atoms with Crippen LogP contribution in [0.1, 0.15) is 79.1 Å². The molecule has 120 valence electrons. The van der Waals surface area contributed by atoms with E-state index in [1.807, 2.05) is 0 Å². The zero-order valence-corrected chi connectivity index (χ0v) is 13.7. The Balaban J connectivity index is -0.000000203. The minimum atomic E-state index is 0.331. The minimum Gasteiger partial charge on any atom is -0.396 e. The Bertz CT molecular complexity index is 109. The second-order valence-corrected chi connectivity index (χ2v) is 5.12. The number of aliphatic hydroxyl groups is 3. The van der Waals surface area contributed by atoms with E-state index in [0.29, 0.717) is 25.7 Å². The third kappa shape index (κ3) is 46.2. The standard InChI is InChI=1S/C6H14O.2C5H12O/c1-2-3-4-5-6-7;1-5(2)3-4-6;1-2-3-4-5-6/h7H,2-6H2,1H3;5-6H,3-4H2,1-2H3;6H,2-5H2,1H3. The lowest BCUT2D eigenvalue weighted by atomic mass is 10.2. The van der Waals surface area contributed by atoms with Crippen LogP contribution in [0.5, 0.6) is 0 Å². The maximum absolute atomic E-state index is 8.29. The van der Waals surface area contributed by atoms with Gasteiger partial charge in [0.05, 0.1) is 0 Å². The molecule has 0 aromatic rings. The zero-order valence-electron chi connectivity index (χ0n) is 13.7. The summed E-state index contributed by atoms with van der Waals surface area (Å²) in [6.45, 7) is 9.52. The van der Waals surface area contributed by atoms with Gasteiger partial charge in [-0.1, -0.05) is 59.8 Å². The van der Waals surface area contributed by atoms with E-state index in [1.165, 1.54) is 25.7 Å². The van der Waals surface area contributed by atoms with Gasteiger partial charge < -0.3 is 15.3 Å². The predicted molar refractivity (Wildman–Crippen MR) is 84.4 cm³/mol. The summed E-state index contributed by atoms with van der Waals surface area (Å²) in [5, 5.41) is 24.7. The van der Waals surface area contributed by atoms with Crippen LogP contribution in [0.2, 0.25) is 0 Å². The highest BCUT2D eigenvalue weighted by Gasteiger charge is 1.86. The highest BCUT2D eigenvalue weighted by Crippen LogP contribution is 1.96. The highest BCUT2D eigenvalue weighted by atomic mass is 16.3. The number of aliphatic hydroxyl groups excluding tert-OH is 3. The molecule has 0 spiro atoms. The molecule has 0 aromatic heterocycles.